The Morgan fingerprint density at radius 1 is 1.33 bits per heavy atom. The van der Waals surface area contributed by atoms with Crippen molar-refractivity contribution in [2.75, 3.05) is 23.3 Å². The van der Waals surface area contributed by atoms with Crippen LogP contribution in [0, 0.1) is 17.7 Å². The fourth-order valence-corrected chi connectivity index (χ4v) is 2.64. The Kier molecular flexibility index (Phi) is 5.84. The maximum atomic E-state index is 14.0. The van der Waals surface area contributed by atoms with Crippen molar-refractivity contribution >= 4 is 29.3 Å². The van der Waals surface area contributed by atoms with Crippen LogP contribution < -0.4 is 50.2 Å². The van der Waals surface area contributed by atoms with Gasteiger partial charge < -0.3 is 20.5 Å². The van der Waals surface area contributed by atoms with E-state index in [4.69, 9.17) is 0 Å². The molecule has 0 unspecified atom stereocenters. The summed E-state index contributed by atoms with van der Waals surface area (Å²) in [5, 5.41) is 15.9. The monoisotopic (exact) mass is 343 g/mol. The van der Waals surface area contributed by atoms with Gasteiger partial charge in [-0.1, -0.05) is 0 Å². The number of rotatable bonds is 4. The van der Waals surface area contributed by atoms with Gasteiger partial charge in [0.05, 0.1) is 5.69 Å². The Labute approximate surface area is 159 Å². The maximum Gasteiger partial charge on any atom is 1.00 e. The summed E-state index contributed by atoms with van der Waals surface area (Å²) in [5.74, 6) is -3.64. The van der Waals surface area contributed by atoms with Crippen molar-refractivity contribution in [3.8, 4) is 0 Å². The first-order valence-corrected chi connectivity index (χ1v) is 7.34. The predicted molar refractivity (Wildman–Crippen MR) is 77.0 cm³/mol. The topological polar surface area (TPSA) is 102 Å². The van der Waals surface area contributed by atoms with Crippen LogP contribution in [0.3, 0.4) is 0 Å². The van der Waals surface area contributed by atoms with E-state index in [9.17, 15) is 23.9 Å². The predicted octanol–water partition coefficient (Wildman–Crippen LogP) is -2.93. The first-order valence-electron chi connectivity index (χ1n) is 7.34. The Morgan fingerprint density at radius 2 is 2.08 bits per heavy atom. The average molecular weight is 343 g/mol. The second-order valence-electron chi connectivity index (χ2n) is 5.66. The molecule has 0 spiro atoms. The van der Waals surface area contributed by atoms with Gasteiger partial charge in [0.25, 0.3) is 0 Å². The number of aliphatic carboxylic acids is 1. The number of nitrogens with one attached hydrogen (secondary N) is 2. The van der Waals surface area contributed by atoms with Crippen LogP contribution in [-0.2, 0) is 9.59 Å². The Bertz CT molecular complexity index is 685. The zero-order valence-corrected chi connectivity index (χ0v) is 15.2. The Balaban J connectivity index is 0.00000208. The number of amides is 3. The third-order valence-corrected chi connectivity index (χ3v) is 4.01. The van der Waals surface area contributed by atoms with Gasteiger partial charge >= 0.3 is 35.6 Å². The molecule has 0 radical (unpaired) electrons. The van der Waals surface area contributed by atoms with Crippen LogP contribution in [0.25, 0.3) is 0 Å². The number of carbonyl (C=O) groups excluding carboxylic acids is 3. The van der Waals surface area contributed by atoms with E-state index in [-0.39, 0.29) is 41.7 Å². The molecule has 2 atom stereocenters. The van der Waals surface area contributed by atoms with Crippen molar-refractivity contribution in [3.05, 3.63) is 24.0 Å². The number of carbonyl (C=O) groups is 3. The van der Waals surface area contributed by atoms with Crippen LogP contribution in [0.2, 0.25) is 0 Å². The summed E-state index contributed by atoms with van der Waals surface area (Å²) >= 11 is 0. The molecule has 122 valence electrons. The van der Waals surface area contributed by atoms with Crippen LogP contribution in [0.4, 0.5) is 20.6 Å². The quantitative estimate of drug-likeness (QED) is 0.572. The number of hydrogen-bond donors (Lipinski definition) is 2. The van der Waals surface area contributed by atoms with E-state index >= 15 is 0 Å². The molecule has 7 nitrogen and oxygen atoms in total. The Morgan fingerprint density at radius 3 is 2.71 bits per heavy atom. The van der Waals surface area contributed by atoms with Crippen molar-refractivity contribution in [1.82, 2.24) is 5.32 Å². The second-order valence-corrected chi connectivity index (χ2v) is 5.66. The van der Waals surface area contributed by atoms with E-state index in [2.05, 4.69) is 10.6 Å². The van der Waals surface area contributed by atoms with Gasteiger partial charge in [0.1, 0.15) is 5.82 Å². The van der Waals surface area contributed by atoms with Crippen LogP contribution in [0.15, 0.2) is 18.2 Å². The van der Waals surface area contributed by atoms with Crippen molar-refractivity contribution in [3.63, 3.8) is 0 Å². The molecule has 3 amide bonds. The molecule has 1 aliphatic heterocycles. The van der Waals surface area contributed by atoms with E-state index in [1.54, 1.807) is 0 Å². The average Bonchev–Trinajstić information content (AvgIpc) is 3.31. The van der Waals surface area contributed by atoms with Gasteiger partial charge in [-0.05, 0) is 31.0 Å². The van der Waals surface area contributed by atoms with Gasteiger partial charge in [0.2, 0.25) is 5.91 Å². The van der Waals surface area contributed by atoms with Crippen LogP contribution in [-0.4, -0.2) is 31.0 Å². The molecule has 9 heteroatoms. The summed E-state index contributed by atoms with van der Waals surface area (Å²) in [4.78, 5) is 35.7. The molecular weight excluding hydrogens is 328 g/mol. The first kappa shape index (κ1) is 18.7. The number of carboxylic acids is 1. The standard InChI is InChI=1S/C15H16FN3O4.Na/c16-11-3-2-8(18-13(20)9-7-10(9)14(21)22)6-12(11)19-5-1-4-17-15(19)23;/h2-3,6,9-10H,1,4-5,7H2,(H,17,23)(H,18,20)(H,21,22);/q;+1/p-1/t9-,10+;/m0./s1. The number of anilines is 2. The third-order valence-electron chi connectivity index (χ3n) is 4.01. The van der Waals surface area contributed by atoms with Crippen molar-refractivity contribution in [2.24, 2.45) is 11.8 Å². The molecule has 0 bridgehead atoms. The van der Waals surface area contributed by atoms with Crippen molar-refractivity contribution in [2.45, 2.75) is 12.8 Å². The molecule has 1 aromatic carbocycles. The number of hydrogen-bond acceptors (Lipinski definition) is 4. The maximum absolute atomic E-state index is 14.0. The van der Waals surface area contributed by atoms with Crippen molar-refractivity contribution in [1.29, 1.82) is 0 Å². The van der Waals surface area contributed by atoms with Gasteiger partial charge in [-0.3, -0.25) is 9.69 Å². The minimum atomic E-state index is -1.24. The molecule has 2 fully saturated rings. The van der Waals surface area contributed by atoms with Crippen LogP contribution in [0.1, 0.15) is 12.8 Å². The summed E-state index contributed by atoms with van der Waals surface area (Å²) in [6, 6.07) is 3.51. The van der Waals surface area contributed by atoms with Crippen LogP contribution in [0.5, 0.6) is 0 Å². The summed E-state index contributed by atoms with van der Waals surface area (Å²) in [5.41, 5.74) is 0.390. The first-order chi connectivity index (χ1) is 11.0. The largest absolute Gasteiger partial charge is 1.00 e. The molecule has 24 heavy (non-hydrogen) atoms. The molecule has 1 aromatic rings. The third kappa shape index (κ3) is 3.88. The summed E-state index contributed by atoms with van der Waals surface area (Å²) in [7, 11) is 0. The molecule has 3 rings (SSSR count). The van der Waals surface area contributed by atoms with E-state index in [1.165, 1.54) is 17.0 Å². The van der Waals surface area contributed by atoms with E-state index in [1.807, 2.05) is 0 Å². The molecule has 2 aliphatic rings. The molecule has 0 aromatic heterocycles. The van der Waals surface area contributed by atoms with Gasteiger partial charge in [0, 0.05) is 36.6 Å². The number of nitrogens with zero attached hydrogens (tertiary/aromatic N) is 1. The van der Waals surface area contributed by atoms with Crippen molar-refractivity contribution < 1.29 is 53.4 Å². The zero-order chi connectivity index (χ0) is 16.6. The normalized spacial score (nSPS) is 22.2. The summed E-state index contributed by atoms with van der Waals surface area (Å²) < 4.78 is 14.0. The molecule has 2 N–H and O–H groups in total. The van der Waals surface area contributed by atoms with Gasteiger partial charge in [0.15, 0.2) is 0 Å². The fraction of sp³-hybridized carbons (Fsp3) is 0.400. The number of benzene rings is 1. The minimum Gasteiger partial charge on any atom is -0.550 e. The fourth-order valence-electron chi connectivity index (χ4n) is 2.64. The summed E-state index contributed by atoms with van der Waals surface area (Å²) in [6.45, 7) is 0.926. The molecule has 1 heterocycles. The second kappa shape index (κ2) is 7.50. The Hall–Kier alpha value is -1.64. The number of halogens is 1. The molecule has 1 saturated heterocycles. The number of carboxylic acid groups (broad SMARTS) is 1. The number of urea groups is 1. The van der Waals surface area contributed by atoms with Crippen LogP contribution >= 0.6 is 0 Å². The van der Waals surface area contributed by atoms with Gasteiger partial charge in [-0.15, -0.1) is 0 Å². The van der Waals surface area contributed by atoms with Gasteiger partial charge in [-0.2, -0.15) is 0 Å². The molecular formula is C15H15FN3NaO4. The van der Waals surface area contributed by atoms with E-state index in [0.717, 1.165) is 6.07 Å². The van der Waals surface area contributed by atoms with E-state index < -0.39 is 35.6 Å². The zero-order valence-electron chi connectivity index (χ0n) is 13.2. The molecule has 1 aliphatic carbocycles. The minimum absolute atomic E-state index is 0. The summed E-state index contributed by atoms with van der Waals surface area (Å²) in [6.07, 6.45) is 0.938. The molecule has 1 saturated carbocycles. The SMILES string of the molecule is O=C(Nc1ccc(F)c(N2CCCNC2=O)c1)[C@H]1C[C@H]1C(=O)[O-].[Na+]. The van der Waals surface area contributed by atoms with E-state index in [0.29, 0.717) is 25.2 Å². The van der Waals surface area contributed by atoms with Gasteiger partial charge in [-0.25, -0.2) is 9.18 Å². The smallest absolute Gasteiger partial charge is 0.550 e.